The Labute approximate surface area is 132 Å². The highest BCUT2D eigenvalue weighted by molar-refractivity contribution is 5.60. The molecule has 0 saturated heterocycles. The molecule has 0 radical (unpaired) electrons. The van der Waals surface area contributed by atoms with Gasteiger partial charge in [0.15, 0.2) is 0 Å². The van der Waals surface area contributed by atoms with Crippen LogP contribution in [-0.2, 0) is 5.41 Å². The van der Waals surface area contributed by atoms with Gasteiger partial charge in [0.1, 0.15) is 0 Å². The second-order valence-electron chi connectivity index (χ2n) is 5.58. The van der Waals surface area contributed by atoms with Gasteiger partial charge in [-0.2, -0.15) is 0 Å². The summed E-state index contributed by atoms with van der Waals surface area (Å²) < 4.78 is 0. The summed E-state index contributed by atoms with van der Waals surface area (Å²) in [7, 11) is 0. The van der Waals surface area contributed by atoms with Crippen molar-refractivity contribution in [3.63, 3.8) is 0 Å². The summed E-state index contributed by atoms with van der Waals surface area (Å²) in [6, 6.07) is 29.5. The number of nitrogens with two attached hydrogens (primary N) is 1. The maximum absolute atomic E-state index is 6.36. The Balaban J connectivity index is 2.34. The standard InChI is InChI=1S/C21H21N/c1-2-21(17-11-5-3-6-12-17,18-13-7-4-8-14-18)19-15-9-10-16-20(19)22/h3-16H,2,22H2,1H3. The summed E-state index contributed by atoms with van der Waals surface area (Å²) in [6.45, 7) is 2.23. The zero-order valence-corrected chi connectivity index (χ0v) is 12.9. The minimum atomic E-state index is -0.214. The second-order valence-corrected chi connectivity index (χ2v) is 5.58. The Morgan fingerprint density at radius 3 is 1.59 bits per heavy atom. The number of benzene rings is 3. The fourth-order valence-electron chi connectivity index (χ4n) is 3.41. The Bertz CT molecular complexity index is 693. The highest BCUT2D eigenvalue weighted by Gasteiger charge is 2.35. The van der Waals surface area contributed by atoms with E-state index >= 15 is 0 Å². The summed E-state index contributed by atoms with van der Waals surface area (Å²) in [5.41, 5.74) is 10.7. The molecular formula is C21H21N. The zero-order valence-electron chi connectivity index (χ0n) is 12.9. The van der Waals surface area contributed by atoms with Gasteiger partial charge in [-0.25, -0.2) is 0 Å². The molecule has 0 fully saturated rings. The summed E-state index contributed by atoms with van der Waals surface area (Å²) in [5.74, 6) is 0. The Kier molecular flexibility index (Phi) is 3.97. The third kappa shape index (κ3) is 2.29. The van der Waals surface area contributed by atoms with Gasteiger partial charge in [-0.3, -0.25) is 0 Å². The first-order valence-corrected chi connectivity index (χ1v) is 7.75. The smallest absolute Gasteiger partial charge is 0.0469 e. The van der Waals surface area contributed by atoms with Crippen LogP contribution in [0.3, 0.4) is 0 Å². The maximum Gasteiger partial charge on any atom is 0.0469 e. The molecule has 1 heteroatoms. The highest BCUT2D eigenvalue weighted by Crippen LogP contribution is 2.44. The van der Waals surface area contributed by atoms with Crippen molar-refractivity contribution in [1.82, 2.24) is 0 Å². The number of hydrogen-bond donors (Lipinski definition) is 1. The third-order valence-electron chi connectivity index (χ3n) is 4.48. The van der Waals surface area contributed by atoms with Crippen molar-refractivity contribution in [3.05, 3.63) is 102 Å². The van der Waals surface area contributed by atoms with Crippen LogP contribution in [0.2, 0.25) is 0 Å². The van der Waals surface area contributed by atoms with Crippen LogP contribution in [0.25, 0.3) is 0 Å². The van der Waals surface area contributed by atoms with Crippen LogP contribution in [0, 0.1) is 0 Å². The van der Waals surface area contributed by atoms with Crippen LogP contribution in [0.15, 0.2) is 84.9 Å². The molecule has 0 amide bonds. The van der Waals surface area contributed by atoms with E-state index in [1.54, 1.807) is 0 Å². The molecule has 110 valence electrons. The number of hydrogen-bond acceptors (Lipinski definition) is 1. The van der Waals surface area contributed by atoms with E-state index < -0.39 is 0 Å². The fourth-order valence-corrected chi connectivity index (χ4v) is 3.41. The van der Waals surface area contributed by atoms with Gasteiger partial charge in [-0.15, -0.1) is 0 Å². The van der Waals surface area contributed by atoms with Crippen molar-refractivity contribution in [1.29, 1.82) is 0 Å². The van der Waals surface area contributed by atoms with E-state index in [9.17, 15) is 0 Å². The third-order valence-corrected chi connectivity index (χ3v) is 4.48. The Morgan fingerprint density at radius 1 is 0.682 bits per heavy atom. The van der Waals surface area contributed by atoms with Gasteiger partial charge in [0.2, 0.25) is 0 Å². The lowest BCUT2D eigenvalue weighted by Gasteiger charge is -2.36. The van der Waals surface area contributed by atoms with Crippen LogP contribution in [-0.4, -0.2) is 0 Å². The summed E-state index contributed by atoms with van der Waals surface area (Å²) in [6.07, 6.45) is 0.954. The largest absolute Gasteiger partial charge is 0.398 e. The van der Waals surface area contributed by atoms with Gasteiger partial charge in [-0.05, 0) is 29.2 Å². The molecule has 22 heavy (non-hydrogen) atoms. The van der Waals surface area contributed by atoms with Crippen LogP contribution >= 0.6 is 0 Å². The second kappa shape index (κ2) is 6.07. The zero-order chi connectivity index (χ0) is 15.4. The molecule has 0 spiro atoms. The minimum absolute atomic E-state index is 0.214. The van der Waals surface area contributed by atoms with Crippen LogP contribution in [0.4, 0.5) is 5.69 Å². The van der Waals surface area contributed by atoms with E-state index in [0.717, 1.165) is 12.1 Å². The molecule has 2 N–H and O–H groups in total. The van der Waals surface area contributed by atoms with Crippen molar-refractivity contribution in [2.24, 2.45) is 0 Å². The van der Waals surface area contributed by atoms with Gasteiger partial charge in [0, 0.05) is 11.1 Å². The average molecular weight is 287 g/mol. The molecule has 1 nitrogen and oxygen atoms in total. The topological polar surface area (TPSA) is 26.0 Å². The summed E-state index contributed by atoms with van der Waals surface area (Å²) in [5, 5.41) is 0. The van der Waals surface area contributed by atoms with Crippen LogP contribution < -0.4 is 5.73 Å². The van der Waals surface area contributed by atoms with Crippen molar-refractivity contribution in [3.8, 4) is 0 Å². The lowest BCUT2D eigenvalue weighted by Crippen LogP contribution is -2.29. The van der Waals surface area contributed by atoms with Crippen LogP contribution in [0.1, 0.15) is 30.0 Å². The summed E-state index contributed by atoms with van der Waals surface area (Å²) in [4.78, 5) is 0. The minimum Gasteiger partial charge on any atom is -0.398 e. The average Bonchev–Trinajstić information content (AvgIpc) is 2.59. The van der Waals surface area contributed by atoms with Gasteiger partial charge in [-0.1, -0.05) is 85.8 Å². The van der Waals surface area contributed by atoms with E-state index in [4.69, 9.17) is 5.73 Å². The van der Waals surface area contributed by atoms with Crippen molar-refractivity contribution < 1.29 is 0 Å². The molecule has 0 atom stereocenters. The van der Waals surface area contributed by atoms with E-state index in [0.29, 0.717) is 0 Å². The lowest BCUT2D eigenvalue weighted by molar-refractivity contribution is 0.596. The highest BCUT2D eigenvalue weighted by atomic mass is 14.6. The lowest BCUT2D eigenvalue weighted by atomic mass is 9.67. The molecule has 3 aromatic rings. The molecule has 0 bridgehead atoms. The fraction of sp³-hybridized carbons (Fsp3) is 0.143. The predicted octanol–water partition coefficient (Wildman–Crippen LogP) is 5.01. The van der Waals surface area contributed by atoms with Crippen molar-refractivity contribution >= 4 is 5.69 Å². The summed E-state index contributed by atoms with van der Waals surface area (Å²) >= 11 is 0. The number of anilines is 1. The molecule has 0 aliphatic rings. The van der Waals surface area contributed by atoms with Gasteiger partial charge in [0.05, 0.1) is 0 Å². The van der Waals surface area contributed by atoms with E-state index in [-0.39, 0.29) is 5.41 Å². The van der Waals surface area contributed by atoms with Crippen LogP contribution in [0.5, 0.6) is 0 Å². The predicted molar refractivity (Wildman–Crippen MR) is 93.9 cm³/mol. The molecule has 0 aliphatic heterocycles. The SMILES string of the molecule is CCC(c1ccccc1)(c1ccccc1)c1ccccc1N. The molecular weight excluding hydrogens is 266 g/mol. The molecule has 3 rings (SSSR count). The first kappa shape index (κ1) is 14.4. The maximum atomic E-state index is 6.36. The monoisotopic (exact) mass is 287 g/mol. The number of nitrogen functional groups attached to an aromatic ring is 1. The molecule has 0 saturated carbocycles. The number of para-hydroxylation sites is 1. The molecule has 0 aliphatic carbocycles. The first-order chi connectivity index (χ1) is 10.8. The van der Waals surface area contributed by atoms with Crippen molar-refractivity contribution in [2.45, 2.75) is 18.8 Å². The Hall–Kier alpha value is -2.54. The molecule has 0 heterocycles. The first-order valence-electron chi connectivity index (χ1n) is 7.75. The number of rotatable bonds is 4. The van der Waals surface area contributed by atoms with E-state index in [2.05, 4.69) is 79.7 Å². The van der Waals surface area contributed by atoms with Crippen molar-refractivity contribution in [2.75, 3.05) is 5.73 Å². The van der Waals surface area contributed by atoms with Gasteiger partial charge >= 0.3 is 0 Å². The van der Waals surface area contributed by atoms with E-state index in [1.807, 2.05) is 12.1 Å². The van der Waals surface area contributed by atoms with Gasteiger partial charge < -0.3 is 5.73 Å². The Morgan fingerprint density at radius 2 is 1.14 bits per heavy atom. The molecule has 0 unspecified atom stereocenters. The normalized spacial score (nSPS) is 11.3. The van der Waals surface area contributed by atoms with Gasteiger partial charge in [0.25, 0.3) is 0 Å². The van der Waals surface area contributed by atoms with E-state index in [1.165, 1.54) is 16.7 Å². The molecule has 3 aromatic carbocycles. The quantitative estimate of drug-likeness (QED) is 0.529. The molecule has 0 aromatic heterocycles.